The molecule has 0 atom stereocenters. The average molecular weight is 253 g/mol. The zero-order valence-corrected chi connectivity index (χ0v) is 11.1. The number of rotatable bonds is 3. The predicted molar refractivity (Wildman–Crippen MR) is 68.1 cm³/mol. The van der Waals surface area contributed by atoms with Gasteiger partial charge < -0.3 is 10.0 Å². The average Bonchev–Trinajstić information content (AvgIpc) is 2.91. The maximum Gasteiger partial charge on any atom is 0.306 e. The van der Waals surface area contributed by atoms with Crippen LogP contribution in [0.5, 0.6) is 0 Å². The van der Waals surface area contributed by atoms with E-state index in [0.717, 1.165) is 25.7 Å². The van der Waals surface area contributed by atoms with Gasteiger partial charge in [0, 0.05) is 19.0 Å². The van der Waals surface area contributed by atoms with Crippen LogP contribution in [-0.2, 0) is 9.59 Å². The van der Waals surface area contributed by atoms with Crippen molar-refractivity contribution in [2.75, 3.05) is 7.05 Å². The van der Waals surface area contributed by atoms with Gasteiger partial charge in [-0.15, -0.1) is 0 Å². The van der Waals surface area contributed by atoms with Crippen LogP contribution in [0.4, 0.5) is 0 Å². The molecule has 2 aliphatic rings. The zero-order valence-electron chi connectivity index (χ0n) is 11.1. The minimum atomic E-state index is -0.704. The van der Waals surface area contributed by atoms with E-state index < -0.39 is 5.97 Å². The van der Waals surface area contributed by atoms with Crippen LogP contribution in [0.2, 0.25) is 0 Å². The minimum absolute atomic E-state index is 0.0613. The molecule has 4 nitrogen and oxygen atoms in total. The van der Waals surface area contributed by atoms with Crippen molar-refractivity contribution in [3.8, 4) is 0 Å². The lowest BCUT2D eigenvalue weighted by Crippen LogP contribution is -2.40. The van der Waals surface area contributed by atoms with Gasteiger partial charge in [-0.3, -0.25) is 9.59 Å². The maximum atomic E-state index is 12.3. The first kappa shape index (κ1) is 13.4. The van der Waals surface area contributed by atoms with E-state index in [0.29, 0.717) is 18.9 Å². The molecule has 2 fully saturated rings. The fourth-order valence-corrected chi connectivity index (χ4v) is 3.35. The van der Waals surface area contributed by atoms with Crippen molar-refractivity contribution in [1.82, 2.24) is 4.90 Å². The predicted octanol–water partition coefficient (Wildman–Crippen LogP) is 2.28. The first-order valence-electron chi connectivity index (χ1n) is 7.09. The highest BCUT2D eigenvalue weighted by molar-refractivity contribution is 5.79. The first-order valence-corrected chi connectivity index (χ1v) is 7.09. The molecule has 0 unspecified atom stereocenters. The molecule has 0 bridgehead atoms. The molecule has 1 N–H and O–H groups in total. The summed E-state index contributed by atoms with van der Waals surface area (Å²) in [6.07, 6.45) is 7.52. The van der Waals surface area contributed by atoms with E-state index in [1.165, 1.54) is 12.8 Å². The number of hydrogen-bond donors (Lipinski definition) is 1. The van der Waals surface area contributed by atoms with Crippen molar-refractivity contribution in [1.29, 1.82) is 0 Å². The van der Waals surface area contributed by atoms with Gasteiger partial charge in [-0.25, -0.2) is 0 Å². The summed E-state index contributed by atoms with van der Waals surface area (Å²) in [4.78, 5) is 25.1. The Morgan fingerprint density at radius 3 is 1.94 bits per heavy atom. The van der Waals surface area contributed by atoms with Crippen LogP contribution < -0.4 is 0 Å². The number of aliphatic carboxylic acids is 1. The Labute approximate surface area is 108 Å². The number of carboxylic acids is 1. The smallest absolute Gasteiger partial charge is 0.306 e. The fraction of sp³-hybridized carbons (Fsp3) is 0.857. The zero-order chi connectivity index (χ0) is 13.1. The molecule has 2 rings (SSSR count). The van der Waals surface area contributed by atoms with Gasteiger partial charge in [0.1, 0.15) is 0 Å². The van der Waals surface area contributed by atoms with Crippen molar-refractivity contribution < 1.29 is 14.7 Å². The van der Waals surface area contributed by atoms with Crippen molar-refractivity contribution in [2.45, 2.75) is 57.4 Å². The van der Waals surface area contributed by atoms with Gasteiger partial charge in [-0.05, 0) is 38.5 Å². The summed E-state index contributed by atoms with van der Waals surface area (Å²) in [6.45, 7) is 0. The minimum Gasteiger partial charge on any atom is -0.481 e. The molecule has 0 saturated heterocycles. The van der Waals surface area contributed by atoms with E-state index >= 15 is 0 Å². The van der Waals surface area contributed by atoms with Gasteiger partial charge in [0.2, 0.25) is 5.91 Å². The molecule has 0 radical (unpaired) electrons. The van der Waals surface area contributed by atoms with Crippen LogP contribution in [0.25, 0.3) is 0 Å². The third-order valence-corrected chi connectivity index (χ3v) is 4.65. The molecule has 0 heterocycles. The second-order valence-corrected chi connectivity index (χ2v) is 5.77. The summed E-state index contributed by atoms with van der Waals surface area (Å²) in [6, 6.07) is 0.426. The number of carbonyl (C=O) groups is 2. The van der Waals surface area contributed by atoms with Crippen LogP contribution in [0, 0.1) is 11.8 Å². The Bertz CT molecular complexity index is 315. The molecule has 2 saturated carbocycles. The number of hydrogen-bond acceptors (Lipinski definition) is 2. The second-order valence-electron chi connectivity index (χ2n) is 5.77. The highest BCUT2D eigenvalue weighted by Gasteiger charge is 2.33. The Hall–Kier alpha value is -1.06. The van der Waals surface area contributed by atoms with Crippen LogP contribution in [0.15, 0.2) is 0 Å². The Morgan fingerprint density at radius 1 is 0.944 bits per heavy atom. The molecule has 0 aliphatic heterocycles. The summed E-state index contributed by atoms with van der Waals surface area (Å²) in [5.41, 5.74) is 0. The number of carboxylic acid groups (broad SMARTS) is 1. The normalized spacial score (nSPS) is 29.2. The largest absolute Gasteiger partial charge is 0.481 e. The summed E-state index contributed by atoms with van der Waals surface area (Å²) in [5, 5.41) is 8.95. The second kappa shape index (κ2) is 5.72. The summed E-state index contributed by atoms with van der Waals surface area (Å²) >= 11 is 0. The Morgan fingerprint density at radius 2 is 1.44 bits per heavy atom. The highest BCUT2D eigenvalue weighted by Crippen LogP contribution is 2.32. The number of amides is 1. The van der Waals surface area contributed by atoms with Crippen LogP contribution >= 0.6 is 0 Å². The lowest BCUT2D eigenvalue weighted by atomic mass is 9.81. The van der Waals surface area contributed by atoms with E-state index in [9.17, 15) is 9.59 Å². The van der Waals surface area contributed by atoms with E-state index in [-0.39, 0.29) is 17.7 Å². The molecule has 2 aliphatic carbocycles. The topological polar surface area (TPSA) is 57.6 Å². The summed E-state index contributed by atoms with van der Waals surface area (Å²) in [7, 11) is 1.92. The van der Waals surface area contributed by atoms with E-state index in [4.69, 9.17) is 5.11 Å². The molecule has 102 valence electrons. The van der Waals surface area contributed by atoms with Crippen LogP contribution in [0.1, 0.15) is 51.4 Å². The summed E-state index contributed by atoms with van der Waals surface area (Å²) < 4.78 is 0. The van der Waals surface area contributed by atoms with Gasteiger partial charge in [0.15, 0.2) is 0 Å². The van der Waals surface area contributed by atoms with Crippen molar-refractivity contribution in [3.63, 3.8) is 0 Å². The summed E-state index contributed by atoms with van der Waals surface area (Å²) in [5.74, 6) is -0.632. The standard InChI is InChI=1S/C14H23NO3/c1-15(12-4-2-3-5-12)13(16)10-6-8-11(9-7-10)14(17)18/h10-12H,2-9H2,1H3,(H,17,18). The number of nitrogens with zero attached hydrogens (tertiary/aromatic N) is 1. The molecule has 1 amide bonds. The van der Waals surface area contributed by atoms with Gasteiger partial charge in [-0.1, -0.05) is 12.8 Å². The molecule has 0 aromatic heterocycles. The lowest BCUT2D eigenvalue weighted by Gasteiger charge is -2.32. The molecule has 0 aromatic rings. The van der Waals surface area contributed by atoms with E-state index in [1.807, 2.05) is 11.9 Å². The monoisotopic (exact) mass is 253 g/mol. The third-order valence-electron chi connectivity index (χ3n) is 4.65. The quantitative estimate of drug-likeness (QED) is 0.839. The van der Waals surface area contributed by atoms with Gasteiger partial charge in [0.05, 0.1) is 5.92 Å². The maximum absolute atomic E-state index is 12.3. The number of carbonyl (C=O) groups excluding carboxylic acids is 1. The fourth-order valence-electron chi connectivity index (χ4n) is 3.35. The van der Waals surface area contributed by atoms with Gasteiger partial charge >= 0.3 is 5.97 Å². The van der Waals surface area contributed by atoms with Crippen molar-refractivity contribution >= 4 is 11.9 Å². The highest BCUT2D eigenvalue weighted by atomic mass is 16.4. The SMILES string of the molecule is CN(C(=O)C1CCC(C(=O)O)CC1)C1CCCC1. The molecular weight excluding hydrogens is 230 g/mol. The van der Waals surface area contributed by atoms with Crippen molar-refractivity contribution in [3.05, 3.63) is 0 Å². The van der Waals surface area contributed by atoms with Crippen LogP contribution in [-0.4, -0.2) is 35.0 Å². The molecule has 18 heavy (non-hydrogen) atoms. The lowest BCUT2D eigenvalue weighted by molar-refractivity contribution is -0.145. The van der Waals surface area contributed by atoms with Gasteiger partial charge in [0.25, 0.3) is 0 Å². The molecule has 0 spiro atoms. The van der Waals surface area contributed by atoms with E-state index in [1.54, 1.807) is 0 Å². The van der Waals surface area contributed by atoms with Gasteiger partial charge in [-0.2, -0.15) is 0 Å². The Balaban J connectivity index is 1.85. The van der Waals surface area contributed by atoms with Crippen molar-refractivity contribution in [2.24, 2.45) is 11.8 Å². The Kier molecular flexibility index (Phi) is 4.25. The third kappa shape index (κ3) is 2.85. The molecular formula is C14H23NO3. The first-order chi connectivity index (χ1) is 8.59. The van der Waals surface area contributed by atoms with E-state index in [2.05, 4.69) is 0 Å². The van der Waals surface area contributed by atoms with Crippen LogP contribution in [0.3, 0.4) is 0 Å². The molecule has 4 heteroatoms. The molecule has 0 aromatic carbocycles.